The molecule has 0 aliphatic carbocycles. The van der Waals surface area contributed by atoms with Crippen molar-refractivity contribution in [2.75, 3.05) is 37.9 Å². The first-order valence-corrected chi connectivity index (χ1v) is 8.02. The van der Waals surface area contributed by atoms with Gasteiger partial charge in [0.1, 0.15) is 0 Å². The summed E-state index contributed by atoms with van der Waals surface area (Å²) in [5, 5.41) is 13.2. The second-order valence-electron chi connectivity index (χ2n) is 4.97. The fraction of sp³-hybridized carbons (Fsp3) is 1.00. The lowest BCUT2D eigenvalue weighted by Gasteiger charge is -2.24. The number of nitrogens with one attached hydrogen (secondary N) is 1. The number of aliphatic hydroxyl groups is 1. The molecule has 1 fully saturated rings. The van der Waals surface area contributed by atoms with Crippen LogP contribution >= 0.6 is 11.8 Å². The molecule has 5 heteroatoms. The van der Waals surface area contributed by atoms with Crippen LogP contribution in [0.1, 0.15) is 26.7 Å². The predicted molar refractivity (Wildman–Crippen MR) is 76.3 cm³/mol. The molecular weight excluding hydrogens is 250 g/mol. The smallest absolute Gasteiger partial charge is 0.0897 e. The van der Waals surface area contributed by atoms with Crippen LogP contribution in [0, 0.1) is 0 Å². The van der Waals surface area contributed by atoms with Gasteiger partial charge in [0.25, 0.3) is 0 Å². The standard InChI is InChI=1S/C13H27NO3S/c1-11(2)17-6-5-16-9-13(15)8-14-12-4-3-7-18-10-12/h11-15H,3-10H2,1-2H3. The number of ether oxygens (including phenoxy) is 2. The van der Waals surface area contributed by atoms with Crippen LogP contribution < -0.4 is 5.32 Å². The lowest BCUT2D eigenvalue weighted by atomic mass is 10.2. The zero-order chi connectivity index (χ0) is 13.2. The van der Waals surface area contributed by atoms with Gasteiger partial charge >= 0.3 is 0 Å². The Morgan fingerprint density at radius 3 is 2.89 bits per heavy atom. The molecule has 2 atom stereocenters. The Balaban J connectivity index is 1.91. The van der Waals surface area contributed by atoms with E-state index in [0.717, 1.165) is 5.75 Å². The molecule has 1 rings (SSSR count). The van der Waals surface area contributed by atoms with Crippen LogP contribution in [-0.2, 0) is 9.47 Å². The summed E-state index contributed by atoms with van der Waals surface area (Å²) in [7, 11) is 0. The Kier molecular flexibility index (Phi) is 9.06. The Hall–Kier alpha value is 0.190. The van der Waals surface area contributed by atoms with Crippen molar-refractivity contribution in [2.24, 2.45) is 0 Å². The first-order valence-electron chi connectivity index (χ1n) is 6.87. The number of thioether (sulfide) groups is 1. The zero-order valence-corrected chi connectivity index (χ0v) is 12.4. The van der Waals surface area contributed by atoms with Gasteiger partial charge in [0.15, 0.2) is 0 Å². The van der Waals surface area contributed by atoms with E-state index in [1.807, 2.05) is 25.6 Å². The molecule has 0 amide bonds. The third-order valence-electron chi connectivity index (χ3n) is 2.79. The third kappa shape index (κ3) is 8.32. The average Bonchev–Trinajstić information content (AvgIpc) is 2.37. The first kappa shape index (κ1) is 16.2. The van der Waals surface area contributed by atoms with E-state index in [1.165, 1.54) is 18.6 Å². The molecule has 1 saturated heterocycles. The molecule has 0 bridgehead atoms. The van der Waals surface area contributed by atoms with E-state index < -0.39 is 6.10 Å². The predicted octanol–water partition coefficient (Wildman–Crippen LogP) is 1.27. The summed E-state index contributed by atoms with van der Waals surface area (Å²) in [4.78, 5) is 0. The van der Waals surface area contributed by atoms with Crippen molar-refractivity contribution in [3.05, 3.63) is 0 Å². The van der Waals surface area contributed by atoms with Gasteiger partial charge in [-0.25, -0.2) is 0 Å². The summed E-state index contributed by atoms with van der Waals surface area (Å²) in [6, 6.07) is 0.558. The lowest BCUT2D eigenvalue weighted by molar-refractivity contribution is -0.0104. The summed E-state index contributed by atoms with van der Waals surface area (Å²) in [6.45, 7) is 6.15. The molecule has 0 radical (unpaired) electrons. The van der Waals surface area contributed by atoms with Crippen LogP contribution in [0.15, 0.2) is 0 Å². The monoisotopic (exact) mass is 277 g/mol. The number of hydrogen-bond donors (Lipinski definition) is 2. The van der Waals surface area contributed by atoms with Crippen LogP contribution in [0.25, 0.3) is 0 Å². The summed E-state index contributed by atoms with van der Waals surface area (Å²) in [5.41, 5.74) is 0. The van der Waals surface area contributed by atoms with Crippen LogP contribution in [0.4, 0.5) is 0 Å². The molecule has 1 aliphatic heterocycles. The molecule has 1 aliphatic rings. The fourth-order valence-corrected chi connectivity index (χ4v) is 2.93. The molecule has 18 heavy (non-hydrogen) atoms. The van der Waals surface area contributed by atoms with Gasteiger partial charge in [-0.15, -0.1) is 0 Å². The van der Waals surface area contributed by atoms with Gasteiger partial charge < -0.3 is 19.9 Å². The normalized spacial score (nSPS) is 22.3. The van der Waals surface area contributed by atoms with Crippen molar-refractivity contribution in [2.45, 2.75) is 44.9 Å². The fourth-order valence-electron chi connectivity index (χ4n) is 1.83. The van der Waals surface area contributed by atoms with Gasteiger partial charge in [0.05, 0.1) is 32.0 Å². The Bertz CT molecular complexity index is 199. The molecule has 108 valence electrons. The van der Waals surface area contributed by atoms with Gasteiger partial charge in [0, 0.05) is 18.3 Å². The van der Waals surface area contributed by atoms with Crippen molar-refractivity contribution in [3.8, 4) is 0 Å². The molecule has 1 heterocycles. The van der Waals surface area contributed by atoms with Crippen molar-refractivity contribution < 1.29 is 14.6 Å². The molecule has 4 nitrogen and oxygen atoms in total. The Morgan fingerprint density at radius 2 is 2.22 bits per heavy atom. The molecule has 0 aromatic carbocycles. The van der Waals surface area contributed by atoms with E-state index in [-0.39, 0.29) is 6.10 Å². The highest BCUT2D eigenvalue weighted by molar-refractivity contribution is 7.99. The van der Waals surface area contributed by atoms with Gasteiger partial charge in [-0.2, -0.15) is 11.8 Å². The first-order chi connectivity index (χ1) is 8.68. The van der Waals surface area contributed by atoms with Crippen LogP contribution in [-0.4, -0.2) is 61.2 Å². The van der Waals surface area contributed by atoms with E-state index in [0.29, 0.717) is 32.4 Å². The second-order valence-corrected chi connectivity index (χ2v) is 6.12. The molecule has 0 saturated carbocycles. The lowest BCUT2D eigenvalue weighted by Crippen LogP contribution is -2.40. The highest BCUT2D eigenvalue weighted by Crippen LogP contribution is 2.16. The van der Waals surface area contributed by atoms with Gasteiger partial charge in [0.2, 0.25) is 0 Å². The van der Waals surface area contributed by atoms with Gasteiger partial charge in [-0.1, -0.05) is 0 Å². The van der Waals surface area contributed by atoms with E-state index in [2.05, 4.69) is 5.32 Å². The number of rotatable bonds is 9. The van der Waals surface area contributed by atoms with Crippen LogP contribution in [0.5, 0.6) is 0 Å². The maximum absolute atomic E-state index is 9.75. The quantitative estimate of drug-likeness (QED) is 0.622. The summed E-state index contributed by atoms with van der Waals surface area (Å²) in [5.74, 6) is 2.44. The van der Waals surface area contributed by atoms with E-state index in [9.17, 15) is 5.11 Å². The van der Waals surface area contributed by atoms with Crippen molar-refractivity contribution >= 4 is 11.8 Å². The van der Waals surface area contributed by atoms with Gasteiger partial charge in [-0.05, 0) is 32.4 Å². The minimum absolute atomic E-state index is 0.240. The Labute approximate surface area is 115 Å². The Morgan fingerprint density at radius 1 is 1.39 bits per heavy atom. The number of aliphatic hydroxyl groups excluding tert-OH is 1. The molecular formula is C13H27NO3S. The summed E-state index contributed by atoms with van der Waals surface area (Å²) in [6.07, 6.45) is 2.32. The largest absolute Gasteiger partial charge is 0.389 e. The molecule has 0 aromatic heterocycles. The molecule has 0 spiro atoms. The maximum atomic E-state index is 9.75. The topological polar surface area (TPSA) is 50.7 Å². The van der Waals surface area contributed by atoms with E-state index in [1.54, 1.807) is 0 Å². The zero-order valence-electron chi connectivity index (χ0n) is 11.6. The number of hydrogen-bond acceptors (Lipinski definition) is 5. The van der Waals surface area contributed by atoms with Crippen LogP contribution in [0.2, 0.25) is 0 Å². The highest BCUT2D eigenvalue weighted by Gasteiger charge is 2.14. The van der Waals surface area contributed by atoms with Crippen molar-refractivity contribution in [1.82, 2.24) is 5.32 Å². The van der Waals surface area contributed by atoms with Crippen LogP contribution in [0.3, 0.4) is 0 Å². The van der Waals surface area contributed by atoms with Crippen molar-refractivity contribution in [1.29, 1.82) is 0 Å². The third-order valence-corrected chi connectivity index (χ3v) is 4.01. The highest BCUT2D eigenvalue weighted by atomic mass is 32.2. The molecule has 2 unspecified atom stereocenters. The van der Waals surface area contributed by atoms with E-state index in [4.69, 9.17) is 9.47 Å². The molecule has 2 N–H and O–H groups in total. The average molecular weight is 277 g/mol. The summed E-state index contributed by atoms with van der Waals surface area (Å²) < 4.78 is 10.7. The minimum Gasteiger partial charge on any atom is -0.389 e. The maximum Gasteiger partial charge on any atom is 0.0897 e. The molecule has 0 aromatic rings. The SMILES string of the molecule is CC(C)OCCOCC(O)CNC1CCCSC1. The summed E-state index contributed by atoms with van der Waals surface area (Å²) >= 11 is 1.99. The van der Waals surface area contributed by atoms with Crippen molar-refractivity contribution in [3.63, 3.8) is 0 Å². The van der Waals surface area contributed by atoms with E-state index >= 15 is 0 Å². The minimum atomic E-state index is -0.420. The van der Waals surface area contributed by atoms with Gasteiger partial charge in [-0.3, -0.25) is 0 Å². The second kappa shape index (κ2) is 10.0.